The van der Waals surface area contributed by atoms with E-state index in [2.05, 4.69) is 0 Å². The summed E-state index contributed by atoms with van der Waals surface area (Å²) >= 11 is 0. The monoisotopic (exact) mass is 252 g/mol. The van der Waals surface area contributed by atoms with Crippen molar-refractivity contribution < 1.29 is 19.4 Å². The Labute approximate surface area is 108 Å². The smallest absolute Gasteiger partial charge is 0.335 e. The molecule has 1 aromatic carbocycles. The molecule has 0 fully saturated rings. The predicted octanol–water partition coefficient (Wildman–Crippen LogP) is 2.89. The van der Waals surface area contributed by atoms with Gasteiger partial charge in [0.25, 0.3) is 0 Å². The highest BCUT2D eigenvalue weighted by atomic mass is 16.5. The number of ether oxygens (including phenoxy) is 2. The summed E-state index contributed by atoms with van der Waals surface area (Å²) in [6.07, 6.45) is 0. The van der Waals surface area contributed by atoms with Gasteiger partial charge in [0, 0.05) is 0 Å². The molecule has 0 aromatic heterocycles. The molecule has 0 saturated carbocycles. The quantitative estimate of drug-likeness (QED) is 0.819. The van der Waals surface area contributed by atoms with Gasteiger partial charge in [-0.1, -0.05) is 0 Å². The van der Waals surface area contributed by atoms with Gasteiger partial charge in [0.1, 0.15) is 12.4 Å². The van der Waals surface area contributed by atoms with E-state index in [1.165, 1.54) is 6.07 Å². The van der Waals surface area contributed by atoms with E-state index >= 15 is 0 Å². The van der Waals surface area contributed by atoms with E-state index in [0.29, 0.717) is 19.0 Å². The fourth-order valence-electron chi connectivity index (χ4n) is 1.44. The first-order valence-electron chi connectivity index (χ1n) is 5.90. The molecule has 0 saturated heterocycles. The van der Waals surface area contributed by atoms with Crippen LogP contribution >= 0.6 is 0 Å². The van der Waals surface area contributed by atoms with Gasteiger partial charge in [-0.3, -0.25) is 0 Å². The topological polar surface area (TPSA) is 55.8 Å². The Morgan fingerprint density at radius 2 is 1.94 bits per heavy atom. The number of hydrogen-bond acceptors (Lipinski definition) is 3. The number of carboxylic acid groups (broad SMARTS) is 1. The van der Waals surface area contributed by atoms with E-state index in [4.69, 9.17) is 14.6 Å². The lowest BCUT2D eigenvalue weighted by molar-refractivity contribution is -0.0163. The molecule has 4 nitrogen and oxygen atoms in total. The highest BCUT2D eigenvalue weighted by Crippen LogP contribution is 2.19. The molecule has 0 bridgehead atoms. The molecule has 0 spiro atoms. The number of benzene rings is 1. The molecule has 0 aliphatic heterocycles. The van der Waals surface area contributed by atoms with Crippen molar-refractivity contribution in [2.24, 2.45) is 0 Å². The molecule has 0 atom stereocenters. The Bertz CT molecular complexity index is 418. The van der Waals surface area contributed by atoms with Crippen molar-refractivity contribution in [1.82, 2.24) is 0 Å². The summed E-state index contributed by atoms with van der Waals surface area (Å²) in [5.74, 6) is -0.238. The maximum absolute atomic E-state index is 10.8. The summed E-state index contributed by atoms with van der Waals surface area (Å²) in [6.45, 7) is 8.74. The van der Waals surface area contributed by atoms with E-state index in [1.807, 2.05) is 27.7 Å². The molecule has 1 aromatic rings. The number of aryl methyl sites for hydroxylation is 1. The fraction of sp³-hybridized carbons (Fsp3) is 0.500. The number of hydrogen-bond donors (Lipinski definition) is 1. The molecule has 0 aliphatic carbocycles. The van der Waals surface area contributed by atoms with Crippen LogP contribution in [-0.4, -0.2) is 29.9 Å². The maximum Gasteiger partial charge on any atom is 0.335 e. The SMILES string of the molecule is Cc1cc(C(=O)O)ccc1OCCOC(C)(C)C. The van der Waals surface area contributed by atoms with Gasteiger partial charge < -0.3 is 14.6 Å². The van der Waals surface area contributed by atoms with Crippen LogP contribution in [-0.2, 0) is 4.74 Å². The van der Waals surface area contributed by atoms with E-state index in [0.717, 1.165) is 5.56 Å². The van der Waals surface area contributed by atoms with Crippen molar-refractivity contribution in [3.05, 3.63) is 29.3 Å². The highest BCUT2D eigenvalue weighted by Gasteiger charge is 2.10. The molecule has 0 amide bonds. The molecule has 1 N–H and O–H groups in total. The van der Waals surface area contributed by atoms with Gasteiger partial charge in [0.05, 0.1) is 17.8 Å². The highest BCUT2D eigenvalue weighted by molar-refractivity contribution is 5.88. The van der Waals surface area contributed by atoms with Crippen molar-refractivity contribution in [3.63, 3.8) is 0 Å². The average molecular weight is 252 g/mol. The van der Waals surface area contributed by atoms with E-state index in [-0.39, 0.29) is 11.2 Å². The third-order valence-electron chi connectivity index (χ3n) is 2.30. The molecule has 100 valence electrons. The molecular formula is C14H20O4. The molecule has 0 unspecified atom stereocenters. The van der Waals surface area contributed by atoms with Crippen LogP contribution in [0.15, 0.2) is 18.2 Å². The zero-order valence-corrected chi connectivity index (χ0v) is 11.3. The Morgan fingerprint density at radius 3 is 2.44 bits per heavy atom. The van der Waals surface area contributed by atoms with Crippen LogP contribution in [0.2, 0.25) is 0 Å². The first-order chi connectivity index (χ1) is 8.29. The van der Waals surface area contributed by atoms with Gasteiger partial charge in [-0.25, -0.2) is 4.79 Å². The zero-order valence-electron chi connectivity index (χ0n) is 11.3. The molecule has 18 heavy (non-hydrogen) atoms. The summed E-state index contributed by atoms with van der Waals surface area (Å²) in [6, 6.07) is 4.81. The summed E-state index contributed by atoms with van der Waals surface area (Å²) in [5, 5.41) is 8.84. The Kier molecular flexibility index (Phi) is 4.73. The van der Waals surface area contributed by atoms with Crippen LogP contribution in [0.3, 0.4) is 0 Å². The summed E-state index contributed by atoms with van der Waals surface area (Å²) < 4.78 is 11.1. The average Bonchev–Trinajstić information content (AvgIpc) is 2.24. The van der Waals surface area contributed by atoms with Crippen molar-refractivity contribution in [2.45, 2.75) is 33.3 Å². The van der Waals surface area contributed by atoms with Gasteiger partial charge in [0.2, 0.25) is 0 Å². The fourth-order valence-corrected chi connectivity index (χ4v) is 1.44. The third kappa shape index (κ3) is 4.75. The second kappa shape index (κ2) is 5.87. The molecular weight excluding hydrogens is 232 g/mol. The first-order valence-corrected chi connectivity index (χ1v) is 5.90. The molecule has 0 radical (unpaired) electrons. The molecule has 4 heteroatoms. The lowest BCUT2D eigenvalue weighted by Crippen LogP contribution is -2.22. The summed E-state index contributed by atoms with van der Waals surface area (Å²) in [5.41, 5.74) is 0.905. The first kappa shape index (κ1) is 14.5. The Morgan fingerprint density at radius 1 is 1.28 bits per heavy atom. The Balaban J connectivity index is 2.51. The second-order valence-corrected chi connectivity index (χ2v) is 5.09. The Hall–Kier alpha value is -1.55. The molecule has 1 rings (SSSR count). The second-order valence-electron chi connectivity index (χ2n) is 5.09. The summed E-state index contributed by atoms with van der Waals surface area (Å²) in [7, 11) is 0. The van der Waals surface area contributed by atoms with Gasteiger partial charge in [0.15, 0.2) is 0 Å². The van der Waals surface area contributed by atoms with E-state index in [9.17, 15) is 4.79 Å². The lowest BCUT2D eigenvalue weighted by atomic mass is 10.1. The normalized spacial score (nSPS) is 11.3. The minimum absolute atomic E-state index is 0.175. The van der Waals surface area contributed by atoms with Crippen LogP contribution in [0.1, 0.15) is 36.7 Å². The molecule has 0 aliphatic rings. The van der Waals surface area contributed by atoms with Crippen LogP contribution in [0.25, 0.3) is 0 Å². The van der Waals surface area contributed by atoms with E-state index in [1.54, 1.807) is 12.1 Å². The van der Waals surface area contributed by atoms with Crippen molar-refractivity contribution >= 4 is 5.97 Å². The maximum atomic E-state index is 10.8. The third-order valence-corrected chi connectivity index (χ3v) is 2.30. The standard InChI is InChI=1S/C14H20O4/c1-10-9-11(13(15)16)5-6-12(10)17-7-8-18-14(2,3)4/h5-6,9H,7-8H2,1-4H3,(H,15,16). The van der Waals surface area contributed by atoms with Gasteiger partial charge in [-0.05, 0) is 51.5 Å². The number of aromatic carboxylic acids is 1. The van der Waals surface area contributed by atoms with Gasteiger partial charge in [-0.15, -0.1) is 0 Å². The minimum atomic E-state index is -0.930. The van der Waals surface area contributed by atoms with Crippen LogP contribution < -0.4 is 4.74 Å². The van der Waals surface area contributed by atoms with E-state index < -0.39 is 5.97 Å². The number of rotatable bonds is 5. The van der Waals surface area contributed by atoms with Crippen molar-refractivity contribution in [3.8, 4) is 5.75 Å². The van der Waals surface area contributed by atoms with Crippen LogP contribution in [0.4, 0.5) is 0 Å². The molecule has 0 heterocycles. The minimum Gasteiger partial charge on any atom is -0.491 e. The summed E-state index contributed by atoms with van der Waals surface area (Å²) in [4.78, 5) is 10.8. The van der Waals surface area contributed by atoms with Crippen molar-refractivity contribution in [2.75, 3.05) is 13.2 Å². The largest absolute Gasteiger partial charge is 0.491 e. The van der Waals surface area contributed by atoms with Crippen LogP contribution in [0.5, 0.6) is 5.75 Å². The lowest BCUT2D eigenvalue weighted by Gasteiger charge is -2.19. The van der Waals surface area contributed by atoms with Gasteiger partial charge in [-0.2, -0.15) is 0 Å². The number of carbonyl (C=O) groups is 1. The van der Waals surface area contributed by atoms with Gasteiger partial charge >= 0.3 is 5.97 Å². The number of carboxylic acids is 1. The predicted molar refractivity (Wildman–Crippen MR) is 69.3 cm³/mol. The zero-order chi connectivity index (χ0) is 13.8. The van der Waals surface area contributed by atoms with Crippen molar-refractivity contribution in [1.29, 1.82) is 0 Å². The van der Waals surface area contributed by atoms with Crippen LogP contribution in [0, 0.1) is 6.92 Å².